The highest BCUT2D eigenvalue weighted by Gasteiger charge is 2.39. The Morgan fingerprint density at radius 2 is 2.25 bits per heavy atom. The number of rotatable bonds is 2. The van der Waals surface area contributed by atoms with Crippen molar-refractivity contribution < 1.29 is 4.79 Å². The number of anilines is 1. The van der Waals surface area contributed by atoms with Gasteiger partial charge in [-0.2, -0.15) is 0 Å². The third-order valence-corrected chi connectivity index (χ3v) is 4.83. The molecule has 2 nitrogen and oxygen atoms in total. The van der Waals surface area contributed by atoms with Gasteiger partial charge in [0.05, 0.1) is 6.42 Å². The van der Waals surface area contributed by atoms with E-state index in [1.54, 1.807) is 0 Å². The van der Waals surface area contributed by atoms with E-state index >= 15 is 0 Å². The van der Waals surface area contributed by atoms with Crippen LogP contribution in [-0.2, 0) is 11.2 Å². The van der Waals surface area contributed by atoms with Crippen LogP contribution in [0.4, 0.5) is 5.69 Å². The first-order valence-electron chi connectivity index (χ1n) is 5.72. The summed E-state index contributed by atoms with van der Waals surface area (Å²) >= 11 is 3.77. The predicted molar refractivity (Wildman–Crippen MR) is 67.7 cm³/mol. The van der Waals surface area contributed by atoms with Crippen LogP contribution in [0.5, 0.6) is 0 Å². The summed E-state index contributed by atoms with van der Waals surface area (Å²) in [5.74, 6) is 1.71. The maximum absolute atomic E-state index is 11.3. The minimum absolute atomic E-state index is 0.109. The smallest absolute Gasteiger partial charge is 0.228 e. The molecule has 0 saturated heterocycles. The van der Waals surface area contributed by atoms with Gasteiger partial charge < -0.3 is 5.32 Å². The first-order valence-corrected chi connectivity index (χ1v) is 6.63. The van der Waals surface area contributed by atoms with Gasteiger partial charge in [-0.3, -0.25) is 4.79 Å². The zero-order valence-corrected chi connectivity index (χ0v) is 10.8. The summed E-state index contributed by atoms with van der Waals surface area (Å²) in [5.41, 5.74) is 3.43. The number of alkyl halides is 1. The predicted octanol–water partition coefficient (Wildman–Crippen LogP) is 3.27. The molecule has 1 N–H and O–H groups in total. The molecular formula is C13H14BrNO. The Bertz CT molecular complexity index is 457. The molecule has 1 heterocycles. The molecule has 0 spiro atoms. The summed E-state index contributed by atoms with van der Waals surface area (Å²) in [5, 5.41) is 2.86. The van der Waals surface area contributed by atoms with Crippen LogP contribution >= 0.6 is 15.9 Å². The van der Waals surface area contributed by atoms with E-state index in [1.807, 2.05) is 6.07 Å². The van der Waals surface area contributed by atoms with Gasteiger partial charge in [0, 0.05) is 10.5 Å². The molecule has 3 rings (SSSR count). The molecule has 1 saturated carbocycles. The molecule has 3 atom stereocenters. The van der Waals surface area contributed by atoms with Crippen LogP contribution in [0.2, 0.25) is 0 Å². The molecule has 1 aromatic rings. The lowest BCUT2D eigenvalue weighted by Gasteiger charge is -2.10. The number of hydrogen-bond acceptors (Lipinski definition) is 1. The highest BCUT2D eigenvalue weighted by atomic mass is 79.9. The first-order chi connectivity index (χ1) is 7.65. The fourth-order valence-electron chi connectivity index (χ4n) is 2.43. The normalized spacial score (nSPS) is 28.5. The average Bonchev–Trinajstić information content (AvgIpc) is 2.85. The number of nitrogens with one attached hydrogen (secondary N) is 1. The Morgan fingerprint density at radius 1 is 1.50 bits per heavy atom. The second-order valence-corrected chi connectivity index (χ2v) is 5.91. The first kappa shape index (κ1) is 10.3. The van der Waals surface area contributed by atoms with Gasteiger partial charge in [0.15, 0.2) is 0 Å². The quantitative estimate of drug-likeness (QED) is 0.828. The fraction of sp³-hybridized carbons (Fsp3) is 0.462. The number of carbonyl (C=O) groups excluding carboxylic acids is 1. The van der Waals surface area contributed by atoms with Crippen molar-refractivity contribution in [3.8, 4) is 0 Å². The van der Waals surface area contributed by atoms with Crippen molar-refractivity contribution in [3.05, 3.63) is 29.3 Å². The molecule has 16 heavy (non-hydrogen) atoms. The van der Waals surface area contributed by atoms with Crippen molar-refractivity contribution in [2.24, 2.45) is 11.8 Å². The molecule has 0 aromatic heterocycles. The third-order valence-electron chi connectivity index (χ3n) is 3.62. The average molecular weight is 280 g/mol. The maximum atomic E-state index is 11.3. The zero-order chi connectivity index (χ0) is 11.3. The van der Waals surface area contributed by atoms with Crippen LogP contribution in [0.3, 0.4) is 0 Å². The lowest BCUT2D eigenvalue weighted by atomic mass is 10.0. The SMILES string of the molecule is CC1CC1C(Br)c1ccc2c(c1)CC(=O)N2. The third kappa shape index (κ3) is 1.67. The van der Waals surface area contributed by atoms with Crippen LogP contribution in [0, 0.1) is 11.8 Å². The van der Waals surface area contributed by atoms with Crippen molar-refractivity contribution in [1.29, 1.82) is 0 Å². The largest absolute Gasteiger partial charge is 0.326 e. The Kier molecular flexibility index (Phi) is 2.32. The Morgan fingerprint density at radius 3 is 2.94 bits per heavy atom. The van der Waals surface area contributed by atoms with Gasteiger partial charge in [-0.25, -0.2) is 0 Å². The molecule has 3 unspecified atom stereocenters. The van der Waals surface area contributed by atoms with Crippen LogP contribution in [0.15, 0.2) is 18.2 Å². The topological polar surface area (TPSA) is 29.1 Å². The Balaban J connectivity index is 1.87. The molecule has 1 aromatic carbocycles. The number of halogens is 1. The molecule has 84 valence electrons. The number of hydrogen-bond donors (Lipinski definition) is 1. The molecule has 3 heteroatoms. The zero-order valence-electron chi connectivity index (χ0n) is 9.16. The van der Waals surface area contributed by atoms with Crippen LogP contribution in [0.1, 0.15) is 29.3 Å². The minimum Gasteiger partial charge on any atom is -0.326 e. The Labute approximate surface area is 104 Å². The van der Waals surface area contributed by atoms with Gasteiger partial charge in [0.1, 0.15) is 0 Å². The Hall–Kier alpha value is -0.830. The summed E-state index contributed by atoms with van der Waals surface area (Å²) in [6.45, 7) is 2.29. The van der Waals surface area contributed by atoms with Gasteiger partial charge in [-0.15, -0.1) is 0 Å². The van der Waals surface area contributed by atoms with Gasteiger partial charge >= 0.3 is 0 Å². The summed E-state index contributed by atoms with van der Waals surface area (Å²) in [7, 11) is 0. The van der Waals surface area contributed by atoms with E-state index in [0.717, 1.165) is 23.1 Å². The molecule has 1 fully saturated rings. The van der Waals surface area contributed by atoms with Crippen molar-refractivity contribution in [1.82, 2.24) is 0 Å². The monoisotopic (exact) mass is 279 g/mol. The lowest BCUT2D eigenvalue weighted by Crippen LogP contribution is -2.03. The van der Waals surface area contributed by atoms with Crippen LogP contribution in [-0.4, -0.2) is 5.91 Å². The second-order valence-electron chi connectivity index (χ2n) is 4.92. The summed E-state index contributed by atoms with van der Waals surface area (Å²) in [6, 6.07) is 6.31. The number of amides is 1. The maximum Gasteiger partial charge on any atom is 0.228 e. The van der Waals surface area contributed by atoms with E-state index < -0.39 is 0 Å². The van der Waals surface area contributed by atoms with Crippen molar-refractivity contribution in [2.75, 3.05) is 5.32 Å². The number of carbonyl (C=O) groups is 1. The van der Waals surface area contributed by atoms with Gasteiger partial charge in [0.2, 0.25) is 5.91 Å². The number of benzene rings is 1. The fourth-order valence-corrected chi connectivity index (χ4v) is 3.45. The summed E-state index contributed by atoms with van der Waals surface area (Å²) in [4.78, 5) is 11.7. The molecular weight excluding hydrogens is 266 g/mol. The molecule has 0 bridgehead atoms. The van der Waals surface area contributed by atoms with Crippen molar-refractivity contribution in [3.63, 3.8) is 0 Å². The summed E-state index contributed by atoms with van der Waals surface area (Å²) in [6.07, 6.45) is 1.84. The lowest BCUT2D eigenvalue weighted by molar-refractivity contribution is -0.115. The van der Waals surface area contributed by atoms with E-state index in [2.05, 4.69) is 40.3 Å². The van der Waals surface area contributed by atoms with Crippen molar-refractivity contribution >= 4 is 27.5 Å². The van der Waals surface area contributed by atoms with E-state index in [0.29, 0.717) is 11.2 Å². The molecule has 0 radical (unpaired) electrons. The molecule has 2 aliphatic rings. The highest BCUT2D eigenvalue weighted by molar-refractivity contribution is 9.09. The van der Waals surface area contributed by atoms with E-state index in [4.69, 9.17) is 0 Å². The highest BCUT2D eigenvalue weighted by Crippen LogP contribution is 2.51. The minimum atomic E-state index is 0.109. The van der Waals surface area contributed by atoms with Crippen LogP contribution in [0.25, 0.3) is 0 Å². The van der Waals surface area contributed by atoms with Gasteiger partial charge in [-0.05, 0) is 35.4 Å². The van der Waals surface area contributed by atoms with Gasteiger partial charge in [0.25, 0.3) is 0 Å². The molecule has 1 amide bonds. The molecule has 1 aliphatic heterocycles. The second kappa shape index (κ2) is 3.59. The van der Waals surface area contributed by atoms with E-state index in [1.165, 1.54) is 12.0 Å². The van der Waals surface area contributed by atoms with Crippen molar-refractivity contribution in [2.45, 2.75) is 24.6 Å². The van der Waals surface area contributed by atoms with E-state index in [9.17, 15) is 4.79 Å². The standard InChI is InChI=1S/C13H14BrNO/c1-7-4-10(7)13(14)8-2-3-11-9(5-8)6-12(16)15-11/h2-3,5,7,10,13H,4,6H2,1H3,(H,15,16). The number of fused-ring (bicyclic) bond motifs is 1. The van der Waals surface area contributed by atoms with Crippen LogP contribution < -0.4 is 5.32 Å². The summed E-state index contributed by atoms with van der Waals surface area (Å²) < 4.78 is 0. The van der Waals surface area contributed by atoms with E-state index in [-0.39, 0.29) is 5.91 Å². The van der Waals surface area contributed by atoms with Gasteiger partial charge in [-0.1, -0.05) is 35.0 Å². The molecule has 1 aliphatic carbocycles.